The minimum atomic E-state index is -1.30. The van der Waals surface area contributed by atoms with Gasteiger partial charge < -0.3 is 15.2 Å². The van der Waals surface area contributed by atoms with E-state index in [1.165, 1.54) is 6.92 Å². The lowest BCUT2D eigenvalue weighted by atomic mass is 9.91. The van der Waals surface area contributed by atoms with Gasteiger partial charge in [0.1, 0.15) is 11.1 Å². The van der Waals surface area contributed by atoms with E-state index in [2.05, 4.69) is 5.32 Å². The highest BCUT2D eigenvalue weighted by atomic mass is 16.6. The van der Waals surface area contributed by atoms with Gasteiger partial charge in [-0.1, -0.05) is 13.8 Å². The lowest BCUT2D eigenvalue weighted by Crippen LogP contribution is -2.54. The minimum Gasteiger partial charge on any atom is -0.480 e. The summed E-state index contributed by atoms with van der Waals surface area (Å²) < 4.78 is 5.05. The third-order valence-electron chi connectivity index (χ3n) is 2.07. The largest absolute Gasteiger partial charge is 0.480 e. The van der Waals surface area contributed by atoms with Gasteiger partial charge >= 0.3 is 12.1 Å². The van der Waals surface area contributed by atoms with Gasteiger partial charge in [0.25, 0.3) is 0 Å². The number of hydrogen-bond acceptors (Lipinski definition) is 3. The van der Waals surface area contributed by atoms with Gasteiger partial charge in [-0.3, -0.25) is 0 Å². The normalized spacial score (nSPS) is 15.2. The van der Waals surface area contributed by atoms with E-state index in [4.69, 9.17) is 9.84 Å². The Morgan fingerprint density at radius 1 is 1.24 bits per heavy atom. The number of carbonyl (C=O) groups excluding carboxylic acids is 1. The second-order valence-electron chi connectivity index (χ2n) is 5.86. The number of nitrogens with one attached hydrogen (secondary N) is 1. The maximum absolute atomic E-state index is 11.6. The van der Waals surface area contributed by atoms with Crippen molar-refractivity contribution >= 4 is 12.1 Å². The Labute approximate surface area is 103 Å². The van der Waals surface area contributed by atoms with Gasteiger partial charge in [0, 0.05) is 0 Å². The molecule has 5 nitrogen and oxygen atoms in total. The molecule has 100 valence electrons. The van der Waals surface area contributed by atoms with Crippen molar-refractivity contribution < 1.29 is 19.4 Å². The molecule has 17 heavy (non-hydrogen) atoms. The quantitative estimate of drug-likeness (QED) is 0.797. The van der Waals surface area contributed by atoms with E-state index in [1.807, 2.05) is 13.8 Å². The van der Waals surface area contributed by atoms with Gasteiger partial charge in [-0.05, 0) is 40.0 Å². The molecule has 0 aliphatic heterocycles. The molecule has 0 rings (SSSR count). The van der Waals surface area contributed by atoms with E-state index in [9.17, 15) is 9.59 Å². The summed E-state index contributed by atoms with van der Waals surface area (Å²) in [5.41, 5.74) is -1.93. The van der Waals surface area contributed by atoms with Crippen LogP contribution in [-0.4, -0.2) is 28.3 Å². The van der Waals surface area contributed by atoms with Crippen LogP contribution in [0.4, 0.5) is 4.79 Å². The van der Waals surface area contributed by atoms with Crippen LogP contribution in [0.3, 0.4) is 0 Å². The van der Waals surface area contributed by atoms with E-state index in [0.29, 0.717) is 6.42 Å². The number of hydrogen-bond donors (Lipinski definition) is 2. The molecule has 0 aromatic rings. The first-order chi connectivity index (χ1) is 7.46. The van der Waals surface area contributed by atoms with Gasteiger partial charge in [0.15, 0.2) is 0 Å². The first-order valence-electron chi connectivity index (χ1n) is 5.71. The molecule has 0 unspecified atom stereocenters. The summed E-state index contributed by atoms with van der Waals surface area (Å²) in [5, 5.41) is 11.6. The van der Waals surface area contributed by atoms with E-state index in [-0.39, 0.29) is 5.92 Å². The average molecular weight is 245 g/mol. The Morgan fingerprint density at radius 3 is 2.00 bits per heavy atom. The van der Waals surface area contributed by atoms with E-state index >= 15 is 0 Å². The van der Waals surface area contributed by atoms with Crippen LogP contribution in [0.1, 0.15) is 48.0 Å². The molecule has 0 aromatic heterocycles. The number of carbonyl (C=O) groups is 2. The summed E-state index contributed by atoms with van der Waals surface area (Å²) in [4.78, 5) is 22.8. The highest BCUT2D eigenvalue weighted by molar-refractivity contribution is 5.83. The molecule has 0 heterocycles. The fourth-order valence-electron chi connectivity index (χ4n) is 1.54. The summed E-state index contributed by atoms with van der Waals surface area (Å²) in [6, 6.07) is 0. The molecule has 0 radical (unpaired) electrons. The Bertz CT molecular complexity index is 293. The standard InChI is InChI=1S/C12H23NO4/c1-8(2)7-12(6,9(14)15)13-10(16)17-11(3,4)5/h8H,7H2,1-6H3,(H,13,16)(H,14,15)/t12-/m1/s1. The fourth-order valence-corrected chi connectivity index (χ4v) is 1.54. The predicted octanol–water partition coefficient (Wildman–Crippen LogP) is 2.40. The van der Waals surface area contributed by atoms with Crippen molar-refractivity contribution in [2.75, 3.05) is 0 Å². The molecule has 0 bridgehead atoms. The fraction of sp³-hybridized carbons (Fsp3) is 0.833. The van der Waals surface area contributed by atoms with Gasteiger partial charge in [-0.25, -0.2) is 9.59 Å². The van der Waals surface area contributed by atoms with Crippen LogP contribution < -0.4 is 5.32 Å². The third-order valence-corrected chi connectivity index (χ3v) is 2.07. The molecule has 5 heteroatoms. The number of carboxylic acid groups (broad SMARTS) is 1. The van der Waals surface area contributed by atoms with Crippen molar-refractivity contribution in [1.29, 1.82) is 0 Å². The molecule has 2 N–H and O–H groups in total. The zero-order chi connectivity index (χ0) is 13.9. The summed E-state index contributed by atoms with van der Waals surface area (Å²) in [6.45, 7) is 10.5. The molecule has 0 saturated carbocycles. The average Bonchev–Trinajstić information content (AvgIpc) is 1.96. The lowest BCUT2D eigenvalue weighted by Gasteiger charge is -2.29. The van der Waals surface area contributed by atoms with Crippen LogP contribution in [-0.2, 0) is 9.53 Å². The van der Waals surface area contributed by atoms with Crippen molar-refractivity contribution in [2.45, 2.75) is 59.1 Å². The Kier molecular flexibility index (Phi) is 4.98. The topological polar surface area (TPSA) is 75.6 Å². The molecule has 1 atom stereocenters. The monoisotopic (exact) mass is 245 g/mol. The van der Waals surface area contributed by atoms with Crippen molar-refractivity contribution in [1.82, 2.24) is 5.32 Å². The summed E-state index contributed by atoms with van der Waals surface area (Å²) in [6.07, 6.45) is -0.357. The molecular formula is C12H23NO4. The second-order valence-corrected chi connectivity index (χ2v) is 5.86. The predicted molar refractivity (Wildman–Crippen MR) is 64.9 cm³/mol. The van der Waals surface area contributed by atoms with E-state index < -0.39 is 23.2 Å². The van der Waals surface area contributed by atoms with Gasteiger partial charge in [-0.15, -0.1) is 0 Å². The summed E-state index contributed by atoms with van der Waals surface area (Å²) >= 11 is 0. The number of aliphatic carboxylic acids is 1. The molecule has 0 aromatic carbocycles. The maximum Gasteiger partial charge on any atom is 0.408 e. The molecule has 0 aliphatic rings. The van der Waals surface area contributed by atoms with Crippen LogP contribution in [0.15, 0.2) is 0 Å². The molecule has 0 aliphatic carbocycles. The number of amides is 1. The summed E-state index contributed by atoms with van der Waals surface area (Å²) in [7, 11) is 0. The second kappa shape index (κ2) is 5.38. The number of ether oxygens (including phenoxy) is 1. The highest BCUT2D eigenvalue weighted by Crippen LogP contribution is 2.18. The minimum absolute atomic E-state index is 0.158. The van der Waals surface area contributed by atoms with Crippen molar-refractivity contribution in [3.8, 4) is 0 Å². The Morgan fingerprint density at radius 2 is 1.71 bits per heavy atom. The number of alkyl carbamates (subject to hydrolysis) is 1. The molecule has 1 amide bonds. The van der Waals surface area contributed by atoms with Crippen LogP contribution >= 0.6 is 0 Å². The zero-order valence-corrected chi connectivity index (χ0v) is 11.5. The Balaban J connectivity index is 4.67. The zero-order valence-electron chi connectivity index (χ0n) is 11.5. The Hall–Kier alpha value is -1.26. The van der Waals surface area contributed by atoms with Crippen LogP contribution in [0.5, 0.6) is 0 Å². The van der Waals surface area contributed by atoms with Gasteiger partial charge in [-0.2, -0.15) is 0 Å². The lowest BCUT2D eigenvalue weighted by molar-refractivity contribution is -0.144. The first-order valence-corrected chi connectivity index (χ1v) is 5.71. The van der Waals surface area contributed by atoms with Crippen LogP contribution in [0.25, 0.3) is 0 Å². The van der Waals surface area contributed by atoms with Gasteiger partial charge in [0.05, 0.1) is 0 Å². The third kappa shape index (κ3) is 6.14. The molecule has 0 saturated heterocycles. The van der Waals surface area contributed by atoms with Crippen molar-refractivity contribution in [3.05, 3.63) is 0 Å². The molecule has 0 fully saturated rings. The summed E-state index contributed by atoms with van der Waals surface area (Å²) in [5.74, 6) is -0.900. The van der Waals surface area contributed by atoms with Crippen molar-refractivity contribution in [2.24, 2.45) is 5.92 Å². The van der Waals surface area contributed by atoms with E-state index in [1.54, 1.807) is 20.8 Å². The van der Waals surface area contributed by atoms with E-state index in [0.717, 1.165) is 0 Å². The number of rotatable bonds is 4. The van der Waals surface area contributed by atoms with Gasteiger partial charge in [0.2, 0.25) is 0 Å². The smallest absolute Gasteiger partial charge is 0.408 e. The molecule has 0 spiro atoms. The SMILES string of the molecule is CC(C)C[C@@](C)(NC(=O)OC(C)(C)C)C(=O)O. The molecular weight excluding hydrogens is 222 g/mol. The van der Waals surface area contributed by atoms with Crippen LogP contribution in [0.2, 0.25) is 0 Å². The number of carboxylic acids is 1. The first kappa shape index (κ1) is 15.7. The van der Waals surface area contributed by atoms with Crippen LogP contribution in [0, 0.1) is 5.92 Å². The highest BCUT2D eigenvalue weighted by Gasteiger charge is 2.36. The van der Waals surface area contributed by atoms with Crippen molar-refractivity contribution in [3.63, 3.8) is 0 Å². The maximum atomic E-state index is 11.6.